The van der Waals surface area contributed by atoms with E-state index in [1.807, 2.05) is 13.8 Å². The largest absolute Gasteiger partial charge is 0.481 e. The molecule has 1 amide bonds. The smallest absolute Gasteiger partial charge is 0.410 e. The highest BCUT2D eigenvalue weighted by Crippen LogP contribution is 2.38. The minimum atomic E-state index is -0.841. The summed E-state index contributed by atoms with van der Waals surface area (Å²) >= 11 is 0. The van der Waals surface area contributed by atoms with E-state index in [2.05, 4.69) is 6.58 Å². The van der Waals surface area contributed by atoms with Crippen molar-refractivity contribution in [2.24, 2.45) is 11.3 Å². The molecule has 0 aromatic carbocycles. The monoisotopic (exact) mass is 241 g/mol. The van der Waals surface area contributed by atoms with Crippen molar-refractivity contribution >= 4 is 12.1 Å². The minimum absolute atomic E-state index is 0.0165. The van der Waals surface area contributed by atoms with Gasteiger partial charge < -0.3 is 14.7 Å². The number of nitrogens with zero attached hydrogens (tertiary/aromatic N) is 1. The number of amides is 1. The van der Waals surface area contributed by atoms with Crippen molar-refractivity contribution in [3.63, 3.8) is 0 Å². The van der Waals surface area contributed by atoms with Gasteiger partial charge in [0.05, 0.1) is 5.41 Å². The number of carbonyl (C=O) groups is 2. The van der Waals surface area contributed by atoms with Crippen LogP contribution < -0.4 is 0 Å². The molecule has 1 heterocycles. The lowest BCUT2D eigenvalue weighted by molar-refractivity contribution is -0.150. The molecule has 0 aromatic heterocycles. The molecule has 5 heteroatoms. The Morgan fingerprint density at radius 1 is 1.59 bits per heavy atom. The van der Waals surface area contributed by atoms with Crippen LogP contribution >= 0.6 is 0 Å². The lowest BCUT2D eigenvalue weighted by Gasteiger charge is -2.28. The second-order valence-electron chi connectivity index (χ2n) is 4.65. The van der Waals surface area contributed by atoms with Crippen LogP contribution in [0.5, 0.6) is 0 Å². The standard InChI is InChI=1S/C12H19NO4/c1-4-7-17-11(16)13-6-5-12(8-13,9(2)3)10(14)15/h4,9H,1,5-8H2,2-3H3,(H,14,15). The zero-order chi connectivity index (χ0) is 13.1. The molecular weight excluding hydrogens is 222 g/mol. The number of hydrogen-bond acceptors (Lipinski definition) is 3. The third-order valence-electron chi connectivity index (χ3n) is 3.41. The summed E-state index contributed by atoms with van der Waals surface area (Å²) in [6.07, 6.45) is 1.50. The number of ether oxygens (including phenoxy) is 1. The molecule has 17 heavy (non-hydrogen) atoms. The summed E-state index contributed by atoms with van der Waals surface area (Å²) < 4.78 is 4.90. The molecule has 1 saturated heterocycles. The number of hydrogen-bond donors (Lipinski definition) is 1. The van der Waals surface area contributed by atoms with Crippen molar-refractivity contribution in [1.29, 1.82) is 0 Å². The first-order valence-corrected chi connectivity index (χ1v) is 5.70. The molecule has 0 bridgehead atoms. The maximum absolute atomic E-state index is 11.6. The van der Waals surface area contributed by atoms with Gasteiger partial charge in [-0.25, -0.2) is 4.79 Å². The highest BCUT2D eigenvalue weighted by molar-refractivity contribution is 5.78. The second kappa shape index (κ2) is 5.21. The zero-order valence-electron chi connectivity index (χ0n) is 10.3. The van der Waals surface area contributed by atoms with Crippen LogP contribution in [-0.2, 0) is 9.53 Å². The molecule has 1 rings (SSSR count). The van der Waals surface area contributed by atoms with Crippen molar-refractivity contribution in [2.75, 3.05) is 19.7 Å². The van der Waals surface area contributed by atoms with E-state index in [4.69, 9.17) is 4.74 Å². The van der Waals surface area contributed by atoms with Crippen LogP contribution in [-0.4, -0.2) is 41.8 Å². The maximum atomic E-state index is 11.6. The summed E-state index contributed by atoms with van der Waals surface area (Å²) in [4.78, 5) is 24.4. The van der Waals surface area contributed by atoms with E-state index in [0.29, 0.717) is 13.0 Å². The highest BCUT2D eigenvalue weighted by Gasteiger charge is 2.48. The summed E-state index contributed by atoms with van der Waals surface area (Å²) in [5.41, 5.74) is -0.840. The summed E-state index contributed by atoms with van der Waals surface area (Å²) in [5.74, 6) is -0.858. The van der Waals surface area contributed by atoms with Gasteiger partial charge in [0, 0.05) is 13.1 Å². The predicted octanol–water partition coefficient (Wildman–Crippen LogP) is 1.74. The van der Waals surface area contributed by atoms with Gasteiger partial charge in [0.2, 0.25) is 0 Å². The topological polar surface area (TPSA) is 66.8 Å². The van der Waals surface area contributed by atoms with Gasteiger partial charge in [0.15, 0.2) is 0 Å². The third-order valence-corrected chi connectivity index (χ3v) is 3.41. The van der Waals surface area contributed by atoms with Gasteiger partial charge in [-0.3, -0.25) is 4.79 Å². The Kier molecular flexibility index (Phi) is 4.15. The van der Waals surface area contributed by atoms with Crippen LogP contribution in [0.15, 0.2) is 12.7 Å². The molecule has 0 spiro atoms. The Morgan fingerprint density at radius 3 is 2.65 bits per heavy atom. The maximum Gasteiger partial charge on any atom is 0.410 e. The van der Waals surface area contributed by atoms with Crippen LogP contribution in [0.2, 0.25) is 0 Å². The third kappa shape index (κ3) is 2.60. The molecule has 0 aromatic rings. The average Bonchev–Trinajstić information content (AvgIpc) is 2.72. The van der Waals surface area contributed by atoms with Crippen LogP contribution in [0.3, 0.4) is 0 Å². The molecule has 1 fully saturated rings. The fourth-order valence-electron chi connectivity index (χ4n) is 2.10. The number of carboxylic acids is 1. The van der Waals surface area contributed by atoms with E-state index in [-0.39, 0.29) is 19.1 Å². The van der Waals surface area contributed by atoms with Crippen LogP contribution in [0.4, 0.5) is 4.79 Å². The first-order valence-electron chi connectivity index (χ1n) is 5.70. The normalized spacial score (nSPS) is 23.8. The SMILES string of the molecule is C=CCOC(=O)N1CCC(C(=O)O)(C(C)C)C1. The van der Waals surface area contributed by atoms with E-state index in [0.717, 1.165) is 0 Å². The van der Waals surface area contributed by atoms with Crippen LogP contribution in [0.25, 0.3) is 0 Å². The molecule has 1 atom stereocenters. The van der Waals surface area contributed by atoms with Crippen molar-refractivity contribution in [1.82, 2.24) is 4.90 Å². The van der Waals surface area contributed by atoms with Crippen molar-refractivity contribution in [3.8, 4) is 0 Å². The fraction of sp³-hybridized carbons (Fsp3) is 0.667. The number of carboxylic acid groups (broad SMARTS) is 1. The molecule has 5 nitrogen and oxygen atoms in total. The molecule has 0 radical (unpaired) electrons. The molecule has 1 aliphatic rings. The molecule has 96 valence electrons. The van der Waals surface area contributed by atoms with E-state index in [9.17, 15) is 14.7 Å². The number of likely N-dealkylation sites (tertiary alicyclic amines) is 1. The number of aliphatic carboxylic acids is 1. The van der Waals surface area contributed by atoms with Crippen LogP contribution in [0, 0.1) is 11.3 Å². The van der Waals surface area contributed by atoms with Gasteiger partial charge in [-0.1, -0.05) is 26.5 Å². The molecule has 0 aliphatic carbocycles. The predicted molar refractivity (Wildman–Crippen MR) is 62.6 cm³/mol. The van der Waals surface area contributed by atoms with Crippen molar-refractivity contribution < 1.29 is 19.4 Å². The Labute approximate surface area is 101 Å². The van der Waals surface area contributed by atoms with E-state index >= 15 is 0 Å². The summed E-state index contributed by atoms with van der Waals surface area (Å²) in [6.45, 7) is 7.99. The first-order chi connectivity index (χ1) is 7.94. The molecule has 0 saturated carbocycles. The Balaban J connectivity index is 2.70. The van der Waals surface area contributed by atoms with Gasteiger partial charge in [0.1, 0.15) is 6.61 Å². The summed E-state index contributed by atoms with van der Waals surface area (Å²) in [6, 6.07) is 0. The lowest BCUT2D eigenvalue weighted by atomic mass is 9.76. The van der Waals surface area contributed by atoms with Crippen LogP contribution in [0.1, 0.15) is 20.3 Å². The average molecular weight is 241 g/mol. The Bertz CT molecular complexity index is 326. The zero-order valence-corrected chi connectivity index (χ0v) is 10.3. The number of rotatable bonds is 4. The first kappa shape index (κ1) is 13.5. The second-order valence-corrected chi connectivity index (χ2v) is 4.65. The van der Waals surface area contributed by atoms with Gasteiger partial charge >= 0.3 is 12.1 Å². The minimum Gasteiger partial charge on any atom is -0.481 e. The molecular formula is C12H19NO4. The summed E-state index contributed by atoms with van der Waals surface area (Å²) in [7, 11) is 0. The lowest BCUT2D eigenvalue weighted by Crippen LogP contribution is -2.40. The van der Waals surface area contributed by atoms with Gasteiger partial charge in [-0.15, -0.1) is 0 Å². The van der Waals surface area contributed by atoms with E-state index in [1.54, 1.807) is 0 Å². The highest BCUT2D eigenvalue weighted by atomic mass is 16.6. The van der Waals surface area contributed by atoms with Gasteiger partial charge in [0.25, 0.3) is 0 Å². The van der Waals surface area contributed by atoms with Crippen molar-refractivity contribution in [3.05, 3.63) is 12.7 Å². The van der Waals surface area contributed by atoms with E-state index < -0.39 is 17.5 Å². The molecule has 1 unspecified atom stereocenters. The van der Waals surface area contributed by atoms with Gasteiger partial charge in [-0.05, 0) is 12.3 Å². The Morgan fingerprint density at radius 2 is 2.24 bits per heavy atom. The summed E-state index contributed by atoms with van der Waals surface area (Å²) in [5, 5.41) is 9.31. The number of carbonyl (C=O) groups excluding carboxylic acids is 1. The fourth-order valence-corrected chi connectivity index (χ4v) is 2.10. The van der Waals surface area contributed by atoms with Crippen molar-refractivity contribution in [2.45, 2.75) is 20.3 Å². The molecule has 1 aliphatic heterocycles. The molecule has 1 N–H and O–H groups in total. The van der Waals surface area contributed by atoms with Gasteiger partial charge in [-0.2, -0.15) is 0 Å². The Hall–Kier alpha value is -1.52. The van der Waals surface area contributed by atoms with E-state index in [1.165, 1.54) is 11.0 Å². The quantitative estimate of drug-likeness (QED) is 0.761.